The highest BCUT2D eigenvalue weighted by Gasteiger charge is 2.24. The van der Waals surface area contributed by atoms with Crippen molar-refractivity contribution in [2.24, 2.45) is 4.99 Å². The van der Waals surface area contributed by atoms with Crippen LogP contribution >= 0.6 is 0 Å². The van der Waals surface area contributed by atoms with Crippen molar-refractivity contribution < 1.29 is 9.47 Å². The number of hydrogen-bond acceptors (Lipinski definition) is 6. The summed E-state index contributed by atoms with van der Waals surface area (Å²) in [6.07, 6.45) is 8.23. The van der Waals surface area contributed by atoms with Gasteiger partial charge >= 0.3 is 0 Å². The van der Waals surface area contributed by atoms with E-state index >= 15 is 0 Å². The molecule has 8 nitrogen and oxygen atoms in total. The van der Waals surface area contributed by atoms with Crippen LogP contribution in [0, 0.1) is 0 Å². The molecule has 1 N–H and O–H groups in total. The molecule has 32 heavy (non-hydrogen) atoms. The summed E-state index contributed by atoms with van der Waals surface area (Å²) in [5.74, 6) is 2.05. The number of piperidine rings is 1. The number of hydrogen-bond donors (Lipinski definition) is 1. The molecule has 0 aliphatic carbocycles. The molecule has 0 amide bonds. The Hall–Kier alpha value is -1.90. The van der Waals surface area contributed by atoms with E-state index in [4.69, 9.17) is 9.47 Å². The molecule has 1 aromatic rings. The van der Waals surface area contributed by atoms with Crippen LogP contribution in [-0.2, 0) is 16.0 Å². The third-order valence-corrected chi connectivity index (χ3v) is 6.83. The smallest absolute Gasteiger partial charge is 0.193 e. The van der Waals surface area contributed by atoms with Crippen molar-refractivity contribution in [3.8, 4) is 0 Å². The van der Waals surface area contributed by atoms with E-state index in [0.29, 0.717) is 12.2 Å². The Morgan fingerprint density at radius 1 is 1.16 bits per heavy atom. The molecule has 8 heteroatoms. The van der Waals surface area contributed by atoms with E-state index in [1.54, 1.807) is 0 Å². The maximum Gasteiger partial charge on any atom is 0.193 e. The molecule has 178 valence electrons. The van der Waals surface area contributed by atoms with Gasteiger partial charge in [0.1, 0.15) is 5.82 Å². The van der Waals surface area contributed by atoms with Crippen LogP contribution in [0.2, 0.25) is 0 Å². The molecule has 0 spiro atoms. The molecule has 3 aliphatic rings. The van der Waals surface area contributed by atoms with Gasteiger partial charge in [-0.3, -0.25) is 4.99 Å². The van der Waals surface area contributed by atoms with Gasteiger partial charge in [-0.2, -0.15) is 0 Å². The van der Waals surface area contributed by atoms with Crippen LogP contribution in [-0.4, -0.2) is 99.5 Å². The zero-order valence-corrected chi connectivity index (χ0v) is 19.8. The standard InChI is InChI=1S/C24H40N6O2/c1-25-24(30-10-7-21(8-11-30)32-19-22-5-3-4-16-31-22)27-18-20-6-9-26-23(17-20)29-14-12-28(2)13-15-29/h6,9,17,21-22H,3-5,7-8,10-16,18-19H2,1-2H3,(H,25,27). The summed E-state index contributed by atoms with van der Waals surface area (Å²) in [6.45, 7) is 8.58. The first-order valence-electron chi connectivity index (χ1n) is 12.3. The van der Waals surface area contributed by atoms with Gasteiger partial charge in [0.05, 0.1) is 18.8 Å². The Labute approximate surface area is 193 Å². The number of anilines is 1. The van der Waals surface area contributed by atoms with E-state index in [1.165, 1.54) is 18.4 Å². The lowest BCUT2D eigenvalue weighted by Gasteiger charge is -2.35. The lowest BCUT2D eigenvalue weighted by atomic mass is 10.1. The first kappa shape index (κ1) is 23.3. The maximum atomic E-state index is 6.16. The summed E-state index contributed by atoms with van der Waals surface area (Å²) in [7, 11) is 4.05. The molecule has 4 heterocycles. The highest BCUT2D eigenvalue weighted by molar-refractivity contribution is 5.80. The molecule has 3 aliphatic heterocycles. The number of piperazine rings is 1. The lowest BCUT2D eigenvalue weighted by molar-refractivity contribution is -0.0721. The second kappa shape index (κ2) is 11.8. The van der Waals surface area contributed by atoms with E-state index in [1.807, 2.05) is 13.2 Å². The van der Waals surface area contributed by atoms with E-state index < -0.39 is 0 Å². The fourth-order valence-electron chi connectivity index (χ4n) is 4.71. The van der Waals surface area contributed by atoms with Crippen LogP contribution in [0.1, 0.15) is 37.7 Å². The molecule has 0 saturated carbocycles. The Morgan fingerprint density at radius 2 is 1.97 bits per heavy atom. The van der Waals surface area contributed by atoms with Crippen molar-refractivity contribution in [2.45, 2.75) is 50.9 Å². The topological polar surface area (TPSA) is 65.5 Å². The van der Waals surface area contributed by atoms with Gasteiger partial charge < -0.3 is 29.5 Å². The van der Waals surface area contributed by atoms with Crippen molar-refractivity contribution in [2.75, 3.05) is 71.5 Å². The second-order valence-electron chi connectivity index (χ2n) is 9.22. The molecular weight excluding hydrogens is 404 g/mol. The number of pyridine rings is 1. The van der Waals surface area contributed by atoms with Gasteiger partial charge in [0.15, 0.2) is 5.96 Å². The van der Waals surface area contributed by atoms with E-state index in [2.05, 4.69) is 49.2 Å². The predicted octanol–water partition coefficient (Wildman–Crippen LogP) is 1.96. The number of likely N-dealkylation sites (tertiary alicyclic amines) is 1. The molecule has 3 fully saturated rings. The van der Waals surface area contributed by atoms with E-state index in [0.717, 1.165) is 90.1 Å². The van der Waals surface area contributed by atoms with Crippen LogP contribution < -0.4 is 10.2 Å². The van der Waals surface area contributed by atoms with E-state index in [9.17, 15) is 0 Å². The summed E-state index contributed by atoms with van der Waals surface area (Å²) in [5, 5.41) is 3.55. The van der Waals surface area contributed by atoms with Gasteiger partial charge in [-0.25, -0.2) is 4.98 Å². The van der Waals surface area contributed by atoms with Gasteiger partial charge in [0, 0.05) is 65.7 Å². The lowest BCUT2D eigenvalue weighted by Crippen LogP contribution is -2.47. The maximum absolute atomic E-state index is 6.16. The van der Waals surface area contributed by atoms with Crippen LogP contribution in [0.3, 0.4) is 0 Å². The number of guanidine groups is 1. The first-order chi connectivity index (χ1) is 15.7. The van der Waals surface area contributed by atoms with Crippen LogP contribution in [0.4, 0.5) is 5.82 Å². The largest absolute Gasteiger partial charge is 0.376 e. The Balaban J connectivity index is 1.21. The normalized spacial score (nSPS) is 24.1. The summed E-state index contributed by atoms with van der Waals surface area (Å²) in [6, 6.07) is 4.30. The molecule has 1 aromatic heterocycles. The number of nitrogens with one attached hydrogen (secondary N) is 1. The van der Waals surface area contributed by atoms with E-state index in [-0.39, 0.29) is 0 Å². The highest BCUT2D eigenvalue weighted by Crippen LogP contribution is 2.18. The number of aromatic nitrogens is 1. The van der Waals surface area contributed by atoms with Crippen LogP contribution in [0.15, 0.2) is 23.3 Å². The summed E-state index contributed by atoms with van der Waals surface area (Å²) >= 11 is 0. The highest BCUT2D eigenvalue weighted by atomic mass is 16.5. The molecule has 4 rings (SSSR count). The summed E-state index contributed by atoms with van der Waals surface area (Å²) in [5.41, 5.74) is 1.24. The van der Waals surface area contributed by atoms with Crippen LogP contribution in [0.5, 0.6) is 0 Å². The Morgan fingerprint density at radius 3 is 2.69 bits per heavy atom. The summed E-state index contributed by atoms with van der Waals surface area (Å²) < 4.78 is 12.0. The van der Waals surface area contributed by atoms with Crippen molar-refractivity contribution in [3.63, 3.8) is 0 Å². The Bertz CT molecular complexity index is 723. The number of ether oxygens (including phenoxy) is 2. The minimum absolute atomic E-state index is 0.298. The third-order valence-electron chi connectivity index (χ3n) is 6.83. The molecule has 1 unspecified atom stereocenters. The minimum atomic E-state index is 0.298. The van der Waals surface area contributed by atoms with Gasteiger partial charge in [0.25, 0.3) is 0 Å². The van der Waals surface area contributed by atoms with Crippen molar-refractivity contribution >= 4 is 11.8 Å². The molecule has 0 aromatic carbocycles. The van der Waals surface area contributed by atoms with Gasteiger partial charge in [-0.15, -0.1) is 0 Å². The molecular formula is C24H40N6O2. The quantitative estimate of drug-likeness (QED) is 0.531. The third kappa shape index (κ3) is 6.56. The number of rotatable bonds is 6. The first-order valence-corrected chi connectivity index (χ1v) is 12.3. The molecule has 0 bridgehead atoms. The zero-order chi connectivity index (χ0) is 22.2. The van der Waals surface area contributed by atoms with Crippen molar-refractivity contribution in [1.82, 2.24) is 20.1 Å². The number of likely N-dealkylation sites (N-methyl/N-ethyl adjacent to an activating group) is 1. The molecule has 0 radical (unpaired) electrons. The number of aliphatic imine (C=N–C) groups is 1. The van der Waals surface area contributed by atoms with Gasteiger partial charge in [0.2, 0.25) is 0 Å². The fourth-order valence-corrected chi connectivity index (χ4v) is 4.71. The zero-order valence-electron chi connectivity index (χ0n) is 19.8. The fraction of sp³-hybridized carbons (Fsp3) is 0.750. The SMILES string of the molecule is CN=C(NCc1ccnc(N2CCN(C)CC2)c1)N1CCC(OCC2CCCCO2)CC1. The summed E-state index contributed by atoms with van der Waals surface area (Å²) in [4.78, 5) is 16.2. The van der Waals surface area contributed by atoms with Gasteiger partial charge in [-0.05, 0) is 56.8 Å². The molecule has 1 atom stereocenters. The van der Waals surface area contributed by atoms with Crippen molar-refractivity contribution in [1.29, 1.82) is 0 Å². The van der Waals surface area contributed by atoms with Crippen molar-refractivity contribution in [3.05, 3.63) is 23.9 Å². The molecule has 3 saturated heterocycles. The minimum Gasteiger partial charge on any atom is -0.376 e. The number of nitrogens with zero attached hydrogens (tertiary/aromatic N) is 5. The second-order valence-corrected chi connectivity index (χ2v) is 9.22. The van der Waals surface area contributed by atoms with Crippen LogP contribution in [0.25, 0.3) is 0 Å². The average molecular weight is 445 g/mol. The Kier molecular flexibility index (Phi) is 8.59. The average Bonchev–Trinajstić information content (AvgIpc) is 2.85. The monoisotopic (exact) mass is 444 g/mol. The van der Waals surface area contributed by atoms with Gasteiger partial charge in [-0.1, -0.05) is 0 Å². The predicted molar refractivity (Wildman–Crippen MR) is 128 cm³/mol.